The van der Waals surface area contributed by atoms with E-state index in [2.05, 4.69) is 38.5 Å². The minimum Gasteiger partial charge on any atom is -0.495 e. The predicted molar refractivity (Wildman–Crippen MR) is 158 cm³/mol. The van der Waals surface area contributed by atoms with Crippen LogP contribution in [-0.2, 0) is 27.6 Å². The Labute approximate surface area is 234 Å². The van der Waals surface area contributed by atoms with Gasteiger partial charge in [-0.25, -0.2) is 0 Å². The molecule has 5 rings (SSSR count). The molecule has 1 aliphatic heterocycles. The zero-order valence-electron chi connectivity index (χ0n) is 21.0. The van der Waals surface area contributed by atoms with Gasteiger partial charge in [-0.3, -0.25) is 14.5 Å². The highest BCUT2D eigenvalue weighted by Gasteiger charge is 2.41. The first kappa shape index (κ1) is 25.7. The van der Waals surface area contributed by atoms with Crippen LogP contribution in [0.5, 0.6) is 5.75 Å². The van der Waals surface area contributed by atoms with Crippen molar-refractivity contribution in [2.75, 3.05) is 17.8 Å². The van der Waals surface area contributed by atoms with Crippen molar-refractivity contribution in [3.05, 3.63) is 89.0 Å². The minimum atomic E-state index is -0.855. The summed E-state index contributed by atoms with van der Waals surface area (Å²) in [4.78, 5) is 29.6. The monoisotopic (exact) mass is 625 g/mol. The molecule has 2 heterocycles. The Morgan fingerprint density at radius 2 is 1.86 bits per heavy atom. The molecule has 1 atom stereocenters. The quantitative estimate of drug-likeness (QED) is 0.213. The van der Waals surface area contributed by atoms with Gasteiger partial charge in [-0.05, 0) is 41.8 Å². The summed E-state index contributed by atoms with van der Waals surface area (Å²) in [7, 11) is 3.60. The molecular weight excluding hydrogens is 597 g/mol. The molecule has 8 heteroatoms. The Balaban J connectivity index is 1.70. The van der Waals surface area contributed by atoms with Gasteiger partial charge in [0, 0.05) is 34.5 Å². The number of amides is 2. The third kappa shape index (κ3) is 4.72. The number of nitrogens with zero attached hydrogens (tertiary/aromatic N) is 2. The predicted octanol–water partition coefficient (Wildman–Crippen LogP) is 5.93. The van der Waals surface area contributed by atoms with E-state index in [1.54, 1.807) is 12.0 Å². The number of carbonyl (C=O) groups excluding carboxylic acids is 2. The molecule has 1 unspecified atom stereocenters. The van der Waals surface area contributed by atoms with Gasteiger partial charge in [0.05, 0.1) is 23.6 Å². The van der Waals surface area contributed by atoms with Gasteiger partial charge in [0.25, 0.3) is 0 Å². The molecular formula is C29H28IN3O3S. The summed E-state index contributed by atoms with van der Waals surface area (Å²) >= 11 is 3.80. The molecule has 190 valence electrons. The molecule has 0 fully saturated rings. The Morgan fingerprint density at radius 1 is 1.14 bits per heavy atom. The number of benzene rings is 3. The van der Waals surface area contributed by atoms with Crippen molar-refractivity contribution in [2.45, 2.75) is 29.0 Å². The van der Waals surface area contributed by atoms with E-state index < -0.39 is 6.04 Å². The normalized spacial score (nSPS) is 15.4. The Kier molecular flexibility index (Phi) is 7.48. The van der Waals surface area contributed by atoms with E-state index in [1.807, 2.05) is 74.6 Å². The highest BCUT2D eigenvalue weighted by atomic mass is 127. The minimum absolute atomic E-state index is 0.134. The van der Waals surface area contributed by atoms with Gasteiger partial charge in [0.1, 0.15) is 11.8 Å². The number of fused-ring (bicyclic) bond motifs is 3. The van der Waals surface area contributed by atoms with E-state index >= 15 is 0 Å². The molecule has 1 aromatic heterocycles. The van der Waals surface area contributed by atoms with Gasteiger partial charge >= 0.3 is 0 Å². The maximum atomic E-state index is 14.1. The number of halogens is 1. The van der Waals surface area contributed by atoms with E-state index in [4.69, 9.17) is 4.74 Å². The first-order valence-corrected chi connectivity index (χ1v) is 14.5. The van der Waals surface area contributed by atoms with Gasteiger partial charge in [-0.1, -0.05) is 82.9 Å². The number of hydrogen-bond acceptors (Lipinski definition) is 4. The number of hydrogen-bond donors (Lipinski definition) is 1. The molecule has 0 bridgehead atoms. The van der Waals surface area contributed by atoms with Crippen LogP contribution in [0.3, 0.4) is 0 Å². The summed E-state index contributed by atoms with van der Waals surface area (Å²) in [5.41, 5.74) is 5.66. The van der Waals surface area contributed by atoms with Crippen LogP contribution < -0.4 is 15.0 Å². The van der Waals surface area contributed by atoms with Gasteiger partial charge < -0.3 is 14.6 Å². The third-order valence-corrected chi connectivity index (χ3v) is 8.80. The number of thioether (sulfide) groups is 1. The molecule has 0 saturated heterocycles. The Bertz CT molecular complexity index is 1490. The van der Waals surface area contributed by atoms with Crippen molar-refractivity contribution in [1.82, 2.24) is 9.88 Å². The fraction of sp³-hybridized carbons (Fsp3) is 0.241. The first-order chi connectivity index (χ1) is 17.9. The SMILES string of the molecule is COc1cc(CI)c(C)cc1N1C(=O)CSc2c(c3ccccc3n2C)C1C(=O)NCc1ccccc1. The lowest BCUT2D eigenvalue weighted by Crippen LogP contribution is -2.44. The van der Waals surface area contributed by atoms with E-state index in [1.165, 1.54) is 11.8 Å². The lowest BCUT2D eigenvalue weighted by molar-refractivity contribution is -0.125. The number of anilines is 1. The van der Waals surface area contributed by atoms with Crippen LogP contribution in [-0.4, -0.2) is 29.2 Å². The highest BCUT2D eigenvalue weighted by Crippen LogP contribution is 2.45. The summed E-state index contributed by atoms with van der Waals surface area (Å²) in [6.07, 6.45) is 0. The fourth-order valence-electron chi connectivity index (χ4n) is 4.92. The number of para-hydroxylation sites is 1. The molecule has 0 radical (unpaired) electrons. The average molecular weight is 626 g/mol. The van der Waals surface area contributed by atoms with Crippen LogP contribution in [0.1, 0.15) is 28.3 Å². The lowest BCUT2D eigenvalue weighted by atomic mass is 10.0. The fourth-order valence-corrected chi connectivity index (χ4v) is 6.82. The van der Waals surface area contributed by atoms with Crippen molar-refractivity contribution in [3.63, 3.8) is 0 Å². The van der Waals surface area contributed by atoms with Crippen LogP contribution in [0.4, 0.5) is 5.69 Å². The summed E-state index contributed by atoms with van der Waals surface area (Å²) in [6.45, 7) is 2.40. The van der Waals surface area contributed by atoms with Gasteiger partial charge in [-0.2, -0.15) is 0 Å². The van der Waals surface area contributed by atoms with Gasteiger partial charge in [0.15, 0.2) is 0 Å². The van der Waals surface area contributed by atoms with Crippen LogP contribution in [0.25, 0.3) is 10.9 Å². The second kappa shape index (κ2) is 10.8. The second-order valence-electron chi connectivity index (χ2n) is 9.04. The zero-order chi connectivity index (χ0) is 26.1. The largest absolute Gasteiger partial charge is 0.495 e. The van der Waals surface area contributed by atoms with Crippen molar-refractivity contribution in [1.29, 1.82) is 0 Å². The summed E-state index contributed by atoms with van der Waals surface area (Å²) in [6, 6.07) is 20.9. The molecule has 2 amide bonds. The van der Waals surface area contributed by atoms with E-state index in [0.717, 1.165) is 42.6 Å². The summed E-state index contributed by atoms with van der Waals surface area (Å²) in [5, 5.41) is 5.00. The van der Waals surface area contributed by atoms with Crippen molar-refractivity contribution in [2.24, 2.45) is 7.05 Å². The topological polar surface area (TPSA) is 63.6 Å². The van der Waals surface area contributed by atoms with Crippen LogP contribution in [0, 0.1) is 6.92 Å². The van der Waals surface area contributed by atoms with Gasteiger partial charge in [-0.15, -0.1) is 0 Å². The van der Waals surface area contributed by atoms with E-state index in [9.17, 15) is 9.59 Å². The van der Waals surface area contributed by atoms with E-state index in [0.29, 0.717) is 18.0 Å². The zero-order valence-corrected chi connectivity index (χ0v) is 23.9. The molecule has 37 heavy (non-hydrogen) atoms. The smallest absolute Gasteiger partial charge is 0.248 e. The average Bonchev–Trinajstić information content (AvgIpc) is 3.10. The number of ether oxygens (including phenoxy) is 1. The molecule has 1 N–H and O–H groups in total. The number of methoxy groups -OCH3 is 1. The van der Waals surface area contributed by atoms with E-state index in [-0.39, 0.29) is 17.6 Å². The standard InChI is InChI=1S/C29H28IN3O3S/c1-18-13-23(24(36-3)14-20(18)15-30)33-25(34)17-37-29-26(21-11-7-8-12-22(21)32(29)2)27(33)28(35)31-16-19-9-5-4-6-10-19/h4-14,27H,15-17H2,1-3H3,(H,31,35). The second-order valence-corrected chi connectivity index (χ2v) is 10.8. The number of aryl methyl sites for hydroxylation is 2. The van der Waals surface area contributed by atoms with Crippen LogP contribution >= 0.6 is 34.4 Å². The number of rotatable bonds is 6. The number of aromatic nitrogens is 1. The molecule has 0 aliphatic carbocycles. The molecule has 6 nitrogen and oxygen atoms in total. The van der Waals surface area contributed by atoms with Gasteiger partial charge in [0.2, 0.25) is 11.8 Å². The molecule has 3 aromatic carbocycles. The van der Waals surface area contributed by atoms with Crippen molar-refractivity contribution >= 4 is 62.8 Å². The van der Waals surface area contributed by atoms with Crippen molar-refractivity contribution < 1.29 is 14.3 Å². The van der Waals surface area contributed by atoms with Crippen LogP contribution in [0.15, 0.2) is 71.8 Å². The molecule has 0 saturated carbocycles. The molecule has 1 aliphatic rings. The lowest BCUT2D eigenvalue weighted by Gasteiger charge is -2.31. The maximum absolute atomic E-state index is 14.1. The summed E-state index contributed by atoms with van der Waals surface area (Å²) < 4.78 is 8.69. The van der Waals surface area contributed by atoms with Crippen LogP contribution in [0.2, 0.25) is 0 Å². The summed E-state index contributed by atoms with van der Waals surface area (Å²) in [5.74, 6) is 0.441. The third-order valence-electron chi connectivity index (χ3n) is 6.82. The Morgan fingerprint density at radius 3 is 2.59 bits per heavy atom. The Hall–Kier alpha value is -2.98. The number of carbonyl (C=O) groups is 2. The number of nitrogens with one attached hydrogen (secondary N) is 1. The number of alkyl halides is 1. The first-order valence-electron chi connectivity index (χ1n) is 12.0. The maximum Gasteiger partial charge on any atom is 0.248 e. The van der Waals surface area contributed by atoms with Crippen molar-refractivity contribution in [3.8, 4) is 5.75 Å². The molecule has 0 spiro atoms. The molecule has 4 aromatic rings. The highest BCUT2D eigenvalue weighted by molar-refractivity contribution is 14.1.